The van der Waals surface area contributed by atoms with E-state index in [4.69, 9.17) is 9.47 Å². The first kappa shape index (κ1) is 17.3. The fourth-order valence-corrected chi connectivity index (χ4v) is 2.27. The summed E-state index contributed by atoms with van der Waals surface area (Å²) in [5.74, 6) is 0.170. The minimum absolute atomic E-state index is 0.0967. The van der Waals surface area contributed by atoms with E-state index in [0.29, 0.717) is 11.5 Å². The highest BCUT2D eigenvalue weighted by Gasteiger charge is 2.15. The molecule has 0 fully saturated rings. The van der Waals surface area contributed by atoms with Crippen LogP contribution in [0.5, 0.6) is 17.4 Å². The number of methoxy groups -OCH3 is 2. The Bertz CT molecular complexity index is 829. The first-order chi connectivity index (χ1) is 11.3. The molecule has 1 heterocycles. The number of anilines is 1. The number of aromatic hydroxyl groups is 1. The van der Waals surface area contributed by atoms with Gasteiger partial charge in [0.15, 0.2) is 11.5 Å². The Morgan fingerprint density at radius 2 is 1.92 bits per heavy atom. The average Bonchev–Trinajstić information content (AvgIpc) is 2.51. The number of nitrogens with zero attached hydrogens (tertiary/aromatic N) is 1. The minimum atomic E-state index is -0.527. The van der Waals surface area contributed by atoms with Crippen molar-refractivity contribution in [2.24, 2.45) is 0 Å². The second kappa shape index (κ2) is 7.03. The van der Waals surface area contributed by atoms with E-state index in [0.717, 1.165) is 11.1 Å². The topological polar surface area (TPSA) is 114 Å². The Hall–Kier alpha value is -3.03. The molecule has 0 saturated heterocycles. The molecule has 1 aromatic heterocycles. The average molecular weight is 333 g/mol. The van der Waals surface area contributed by atoms with Crippen LogP contribution in [0.3, 0.4) is 0 Å². The maximum Gasteiger partial charge on any atom is 0.259 e. The van der Waals surface area contributed by atoms with Gasteiger partial charge in [0.1, 0.15) is 0 Å². The third kappa shape index (κ3) is 3.65. The van der Waals surface area contributed by atoms with Gasteiger partial charge < -0.3 is 14.6 Å². The van der Waals surface area contributed by atoms with Crippen LogP contribution in [0.1, 0.15) is 23.6 Å². The first-order valence-corrected chi connectivity index (χ1v) is 7.17. The fraction of sp³-hybridized carbons (Fsp3) is 0.312. The van der Waals surface area contributed by atoms with Crippen LogP contribution in [0, 0.1) is 6.92 Å². The van der Waals surface area contributed by atoms with E-state index in [1.807, 2.05) is 6.92 Å². The van der Waals surface area contributed by atoms with Crippen LogP contribution >= 0.6 is 0 Å². The van der Waals surface area contributed by atoms with Crippen LogP contribution in [-0.2, 0) is 11.2 Å². The van der Waals surface area contributed by atoms with Gasteiger partial charge in [0.2, 0.25) is 17.7 Å². The Balaban J connectivity index is 2.41. The third-order valence-electron chi connectivity index (χ3n) is 3.50. The van der Waals surface area contributed by atoms with Crippen molar-refractivity contribution in [2.75, 3.05) is 19.5 Å². The van der Waals surface area contributed by atoms with Crippen molar-refractivity contribution in [3.8, 4) is 17.4 Å². The van der Waals surface area contributed by atoms with Gasteiger partial charge in [0.25, 0.3) is 5.56 Å². The molecule has 0 aliphatic heterocycles. The zero-order chi connectivity index (χ0) is 17.9. The van der Waals surface area contributed by atoms with E-state index in [1.165, 1.54) is 21.1 Å². The lowest BCUT2D eigenvalue weighted by Gasteiger charge is -2.13. The van der Waals surface area contributed by atoms with Crippen LogP contribution in [0.25, 0.3) is 0 Å². The summed E-state index contributed by atoms with van der Waals surface area (Å²) in [7, 11) is 3.06. The summed E-state index contributed by atoms with van der Waals surface area (Å²) in [6.45, 7) is 3.14. The number of carbonyl (C=O) groups excluding carboxylic acids is 1. The number of aromatic nitrogens is 2. The molecule has 0 spiro atoms. The maximum atomic E-state index is 12.2. The lowest BCUT2D eigenvalue weighted by molar-refractivity contribution is -0.114. The van der Waals surface area contributed by atoms with Gasteiger partial charge in [0, 0.05) is 13.3 Å². The summed E-state index contributed by atoms with van der Waals surface area (Å²) in [4.78, 5) is 29.4. The van der Waals surface area contributed by atoms with E-state index in [1.54, 1.807) is 12.1 Å². The summed E-state index contributed by atoms with van der Waals surface area (Å²) < 4.78 is 10.5. The zero-order valence-corrected chi connectivity index (χ0v) is 13.9. The van der Waals surface area contributed by atoms with Crippen LogP contribution in [0.4, 0.5) is 5.95 Å². The van der Waals surface area contributed by atoms with Crippen molar-refractivity contribution < 1.29 is 19.4 Å². The van der Waals surface area contributed by atoms with Gasteiger partial charge in [-0.15, -0.1) is 0 Å². The number of aromatic amines is 1. The Labute approximate surface area is 138 Å². The van der Waals surface area contributed by atoms with Gasteiger partial charge in [-0.1, -0.05) is 0 Å². The Morgan fingerprint density at radius 1 is 1.29 bits per heavy atom. The van der Waals surface area contributed by atoms with E-state index in [2.05, 4.69) is 15.3 Å². The zero-order valence-electron chi connectivity index (χ0n) is 13.9. The molecule has 0 radical (unpaired) electrons. The van der Waals surface area contributed by atoms with E-state index < -0.39 is 17.3 Å². The lowest BCUT2D eigenvalue weighted by atomic mass is 10.0. The minimum Gasteiger partial charge on any atom is -0.493 e. The van der Waals surface area contributed by atoms with Crippen molar-refractivity contribution >= 4 is 11.9 Å². The molecule has 0 aliphatic rings. The molecule has 3 N–H and O–H groups in total. The molecule has 8 heteroatoms. The molecule has 1 aromatic carbocycles. The van der Waals surface area contributed by atoms with Crippen LogP contribution in [-0.4, -0.2) is 35.2 Å². The molecular weight excluding hydrogens is 314 g/mol. The van der Waals surface area contributed by atoms with Crippen molar-refractivity contribution in [1.29, 1.82) is 0 Å². The molecule has 0 unspecified atom stereocenters. The summed E-state index contributed by atoms with van der Waals surface area (Å²) in [6.07, 6.45) is 0.153. The molecule has 1 amide bonds. The van der Waals surface area contributed by atoms with Crippen molar-refractivity contribution in [3.05, 3.63) is 39.2 Å². The smallest absolute Gasteiger partial charge is 0.259 e. The third-order valence-corrected chi connectivity index (χ3v) is 3.50. The second-order valence-electron chi connectivity index (χ2n) is 5.21. The van der Waals surface area contributed by atoms with Crippen molar-refractivity contribution in [3.63, 3.8) is 0 Å². The molecule has 0 bridgehead atoms. The number of aryl methyl sites for hydroxylation is 1. The summed E-state index contributed by atoms with van der Waals surface area (Å²) in [5, 5.41) is 12.3. The van der Waals surface area contributed by atoms with Gasteiger partial charge in [-0.25, -0.2) is 0 Å². The number of ether oxygens (including phenoxy) is 2. The molecule has 128 valence electrons. The van der Waals surface area contributed by atoms with Crippen LogP contribution in [0.15, 0.2) is 16.9 Å². The number of benzene rings is 1. The quantitative estimate of drug-likeness (QED) is 0.761. The fourth-order valence-electron chi connectivity index (χ4n) is 2.27. The number of H-pyrrole nitrogens is 1. The summed E-state index contributed by atoms with van der Waals surface area (Å²) in [6, 6.07) is 3.54. The summed E-state index contributed by atoms with van der Waals surface area (Å²) >= 11 is 0. The molecular formula is C16H19N3O5. The van der Waals surface area contributed by atoms with Crippen LogP contribution < -0.4 is 20.3 Å². The number of amides is 1. The highest BCUT2D eigenvalue weighted by atomic mass is 16.5. The number of rotatable bonds is 5. The SMILES string of the molecule is COc1cc(C)c(Cc2c(O)nc(NC(C)=O)[nH]c2=O)cc1OC. The number of nitrogens with one attached hydrogen (secondary N) is 2. The normalized spacial score (nSPS) is 10.3. The van der Waals surface area contributed by atoms with Gasteiger partial charge in [0.05, 0.1) is 19.8 Å². The molecule has 2 rings (SSSR count). The summed E-state index contributed by atoms with van der Waals surface area (Å²) in [5.41, 5.74) is 1.22. The van der Waals surface area contributed by atoms with Crippen molar-refractivity contribution in [1.82, 2.24) is 9.97 Å². The van der Waals surface area contributed by atoms with Gasteiger partial charge in [-0.2, -0.15) is 4.98 Å². The predicted octanol–water partition coefficient (Wildman–Crippen LogP) is 1.35. The van der Waals surface area contributed by atoms with Gasteiger partial charge in [-0.3, -0.25) is 19.9 Å². The largest absolute Gasteiger partial charge is 0.493 e. The standard InChI is InChI=1S/C16H19N3O5/c1-8-5-12(23-3)13(24-4)7-10(8)6-11-14(21)18-16(17-9(2)20)19-15(11)22/h5,7H,6H2,1-4H3,(H3,17,18,19,20,21,22). The molecule has 0 atom stereocenters. The number of carbonyl (C=O) groups is 1. The highest BCUT2D eigenvalue weighted by molar-refractivity contribution is 5.86. The number of hydrogen-bond acceptors (Lipinski definition) is 6. The van der Waals surface area contributed by atoms with E-state index in [-0.39, 0.29) is 17.9 Å². The molecule has 2 aromatic rings. The maximum absolute atomic E-state index is 12.2. The lowest BCUT2D eigenvalue weighted by Crippen LogP contribution is -2.19. The molecule has 0 saturated carbocycles. The second-order valence-corrected chi connectivity index (χ2v) is 5.21. The Kier molecular flexibility index (Phi) is 5.08. The van der Waals surface area contributed by atoms with Crippen LogP contribution in [0.2, 0.25) is 0 Å². The van der Waals surface area contributed by atoms with Gasteiger partial charge >= 0.3 is 0 Å². The Morgan fingerprint density at radius 3 is 2.46 bits per heavy atom. The molecule has 0 aliphatic carbocycles. The monoisotopic (exact) mass is 333 g/mol. The van der Waals surface area contributed by atoms with Crippen molar-refractivity contribution in [2.45, 2.75) is 20.3 Å². The predicted molar refractivity (Wildman–Crippen MR) is 87.9 cm³/mol. The first-order valence-electron chi connectivity index (χ1n) is 7.17. The number of hydrogen-bond donors (Lipinski definition) is 3. The molecule has 24 heavy (non-hydrogen) atoms. The molecule has 8 nitrogen and oxygen atoms in total. The highest BCUT2D eigenvalue weighted by Crippen LogP contribution is 2.31. The van der Waals surface area contributed by atoms with Gasteiger partial charge in [-0.05, 0) is 30.2 Å². The van der Waals surface area contributed by atoms with E-state index in [9.17, 15) is 14.7 Å². The van der Waals surface area contributed by atoms with E-state index >= 15 is 0 Å².